The van der Waals surface area contributed by atoms with E-state index in [9.17, 15) is 9.59 Å². The molecule has 0 unspecified atom stereocenters. The normalized spacial score (nSPS) is 10.8. The number of aryl methyl sites for hydroxylation is 2. The van der Waals surface area contributed by atoms with Crippen LogP contribution >= 0.6 is 0 Å². The predicted octanol–water partition coefficient (Wildman–Crippen LogP) is 4.49. The third-order valence-corrected chi connectivity index (χ3v) is 5.81. The minimum absolute atomic E-state index is 0.138. The SMILES string of the molecule is Cc1c(OCc2ccccc2)c(=O)ccn1CCn1ccc(=O)c(OCc2ccccc2)c1C. The summed E-state index contributed by atoms with van der Waals surface area (Å²) in [4.78, 5) is 24.8. The van der Waals surface area contributed by atoms with Crippen molar-refractivity contribution in [2.75, 3.05) is 0 Å². The highest BCUT2D eigenvalue weighted by atomic mass is 16.5. The van der Waals surface area contributed by atoms with Gasteiger partial charge >= 0.3 is 0 Å². The molecule has 2 heterocycles. The Labute approximate surface area is 198 Å². The Balaban J connectivity index is 1.47. The highest BCUT2D eigenvalue weighted by Crippen LogP contribution is 2.17. The highest BCUT2D eigenvalue weighted by Gasteiger charge is 2.12. The summed E-state index contributed by atoms with van der Waals surface area (Å²) < 4.78 is 15.7. The largest absolute Gasteiger partial charge is 0.483 e. The van der Waals surface area contributed by atoms with Crippen molar-refractivity contribution in [3.05, 3.63) is 128 Å². The second kappa shape index (κ2) is 10.7. The molecule has 0 saturated carbocycles. The Morgan fingerprint density at radius 2 is 0.971 bits per heavy atom. The summed E-state index contributed by atoms with van der Waals surface area (Å²) in [7, 11) is 0. The summed E-state index contributed by atoms with van der Waals surface area (Å²) in [6.45, 7) is 5.65. The molecule has 174 valence electrons. The molecule has 0 aliphatic carbocycles. The zero-order chi connectivity index (χ0) is 23.9. The zero-order valence-electron chi connectivity index (χ0n) is 19.4. The summed E-state index contributed by atoms with van der Waals surface area (Å²) in [6.07, 6.45) is 3.55. The number of hydrogen-bond donors (Lipinski definition) is 0. The second-order valence-corrected chi connectivity index (χ2v) is 8.12. The van der Waals surface area contributed by atoms with E-state index in [4.69, 9.17) is 9.47 Å². The maximum Gasteiger partial charge on any atom is 0.223 e. The van der Waals surface area contributed by atoms with Gasteiger partial charge in [0, 0.05) is 37.6 Å². The van der Waals surface area contributed by atoms with Crippen LogP contribution in [0.25, 0.3) is 0 Å². The van der Waals surface area contributed by atoms with Crippen LogP contribution in [0.5, 0.6) is 11.5 Å². The van der Waals surface area contributed by atoms with Gasteiger partial charge in [0.15, 0.2) is 11.5 Å². The number of nitrogens with zero attached hydrogens (tertiary/aromatic N) is 2. The Morgan fingerprint density at radius 3 is 1.35 bits per heavy atom. The maximum atomic E-state index is 12.4. The van der Waals surface area contributed by atoms with E-state index in [0.717, 1.165) is 22.5 Å². The molecule has 0 N–H and O–H groups in total. The van der Waals surface area contributed by atoms with Crippen LogP contribution in [0.2, 0.25) is 0 Å². The summed E-state index contributed by atoms with van der Waals surface area (Å²) in [5, 5.41) is 0. The fourth-order valence-electron chi connectivity index (χ4n) is 3.82. The summed E-state index contributed by atoms with van der Waals surface area (Å²) >= 11 is 0. The molecule has 0 bridgehead atoms. The van der Waals surface area contributed by atoms with Gasteiger partial charge in [0.1, 0.15) is 13.2 Å². The fraction of sp³-hybridized carbons (Fsp3) is 0.214. The Bertz CT molecular complexity index is 1250. The molecule has 0 fully saturated rings. The Hall–Kier alpha value is -4.06. The number of benzene rings is 2. The van der Waals surface area contributed by atoms with Gasteiger partial charge in [0.05, 0.1) is 11.4 Å². The van der Waals surface area contributed by atoms with Crippen LogP contribution in [0.3, 0.4) is 0 Å². The van der Waals surface area contributed by atoms with E-state index >= 15 is 0 Å². The lowest BCUT2D eigenvalue weighted by Crippen LogP contribution is -2.19. The average Bonchev–Trinajstić information content (AvgIpc) is 2.85. The van der Waals surface area contributed by atoms with Crippen molar-refractivity contribution < 1.29 is 9.47 Å². The van der Waals surface area contributed by atoms with Gasteiger partial charge in [0.25, 0.3) is 0 Å². The zero-order valence-corrected chi connectivity index (χ0v) is 19.4. The highest BCUT2D eigenvalue weighted by molar-refractivity contribution is 5.29. The molecular weight excluding hydrogens is 428 g/mol. The number of aromatic nitrogens is 2. The van der Waals surface area contributed by atoms with Crippen molar-refractivity contribution >= 4 is 0 Å². The topological polar surface area (TPSA) is 62.5 Å². The van der Waals surface area contributed by atoms with Crippen molar-refractivity contribution in [2.45, 2.75) is 40.2 Å². The minimum Gasteiger partial charge on any atom is -0.483 e. The monoisotopic (exact) mass is 456 g/mol. The van der Waals surface area contributed by atoms with Crippen molar-refractivity contribution in [2.24, 2.45) is 0 Å². The first-order valence-corrected chi connectivity index (χ1v) is 11.3. The lowest BCUT2D eigenvalue weighted by Gasteiger charge is -2.18. The standard InChI is InChI=1S/C28H28N2O4/c1-21-27(33-19-23-9-5-3-6-10-23)25(31)13-15-29(21)17-18-30-16-14-26(32)28(22(30)2)34-20-24-11-7-4-8-12-24/h3-16H,17-20H2,1-2H3. The average molecular weight is 457 g/mol. The van der Waals surface area contributed by atoms with Crippen LogP contribution in [0.4, 0.5) is 0 Å². The molecule has 4 rings (SSSR count). The van der Waals surface area contributed by atoms with Crippen LogP contribution in [-0.4, -0.2) is 9.13 Å². The molecule has 0 spiro atoms. The van der Waals surface area contributed by atoms with E-state index in [1.54, 1.807) is 12.4 Å². The molecule has 0 amide bonds. The van der Waals surface area contributed by atoms with Crippen LogP contribution in [0.15, 0.2) is 94.8 Å². The molecule has 6 heteroatoms. The summed E-state index contributed by atoms with van der Waals surface area (Å²) in [5.74, 6) is 0.713. The second-order valence-electron chi connectivity index (χ2n) is 8.12. The van der Waals surface area contributed by atoms with E-state index in [1.165, 1.54) is 12.1 Å². The van der Waals surface area contributed by atoms with E-state index < -0.39 is 0 Å². The van der Waals surface area contributed by atoms with Crippen LogP contribution < -0.4 is 20.3 Å². The molecule has 0 atom stereocenters. The van der Waals surface area contributed by atoms with E-state index in [0.29, 0.717) is 37.8 Å². The Morgan fingerprint density at radius 1 is 0.588 bits per heavy atom. The van der Waals surface area contributed by atoms with Crippen LogP contribution in [-0.2, 0) is 26.3 Å². The van der Waals surface area contributed by atoms with Gasteiger partial charge < -0.3 is 18.6 Å². The minimum atomic E-state index is -0.138. The predicted molar refractivity (Wildman–Crippen MR) is 132 cm³/mol. The molecule has 0 aliphatic heterocycles. The number of ether oxygens (including phenoxy) is 2. The smallest absolute Gasteiger partial charge is 0.223 e. The van der Waals surface area contributed by atoms with Gasteiger partial charge in [-0.2, -0.15) is 0 Å². The van der Waals surface area contributed by atoms with Gasteiger partial charge in [-0.05, 0) is 25.0 Å². The van der Waals surface area contributed by atoms with Crippen LogP contribution in [0.1, 0.15) is 22.5 Å². The molecule has 6 nitrogen and oxygen atoms in total. The van der Waals surface area contributed by atoms with E-state index in [-0.39, 0.29) is 10.9 Å². The van der Waals surface area contributed by atoms with E-state index in [1.807, 2.05) is 83.6 Å². The molecule has 34 heavy (non-hydrogen) atoms. The molecule has 0 saturated heterocycles. The van der Waals surface area contributed by atoms with Gasteiger partial charge in [-0.25, -0.2) is 0 Å². The first kappa shape index (κ1) is 23.1. The lowest BCUT2D eigenvalue weighted by atomic mass is 10.2. The molecule has 2 aromatic carbocycles. The third-order valence-electron chi connectivity index (χ3n) is 5.81. The van der Waals surface area contributed by atoms with Crippen LogP contribution in [0, 0.1) is 13.8 Å². The summed E-state index contributed by atoms with van der Waals surface area (Å²) in [5.41, 5.74) is 3.26. The first-order valence-electron chi connectivity index (χ1n) is 11.3. The van der Waals surface area contributed by atoms with Gasteiger partial charge in [-0.1, -0.05) is 60.7 Å². The molecule has 0 aliphatic rings. The number of hydrogen-bond acceptors (Lipinski definition) is 4. The van der Waals surface area contributed by atoms with Gasteiger partial charge in [-0.3, -0.25) is 9.59 Å². The summed E-state index contributed by atoms with van der Waals surface area (Å²) in [6, 6.07) is 22.6. The van der Waals surface area contributed by atoms with Gasteiger partial charge in [-0.15, -0.1) is 0 Å². The molecule has 2 aromatic heterocycles. The Kier molecular flexibility index (Phi) is 7.28. The fourth-order valence-corrected chi connectivity index (χ4v) is 3.82. The number of pyridine rings is 2. The molecule has 0 radical (unpaired) electrons. The van der Waals surface area contributed by atoms with E-state index in [2.05, 4.69) is 0 Å². The first-order chi connectivity index (χ1) is 16.5. The quantitative estimate of drug-likeness (QED) is 0.372. The van der Waals surface area contributed by atoms with Crippen molar-refractivity contribution in [1.29, 1.82) is 0 Å². The van der Waals surface area contributed by atoms with Gasteiger partial charge in [0.2, 0.25) is 10.9 Å². The third kappa shape index (κ3) is 5.46. The number of rotatable bonds is 9. The molecular formula is C28H28N2O4. The molecule has 4 aromatic rings. The maximum absolute atomic E-state index is 12.4. The van der Waals surface area contributed by atoms with Crippen molar-refractivity contribution in [3.63, 3.8) is 0 Å². The van der Waals surface area contributed by atoms with Crippen molar-refractivity contribution in [1.82, 2.24) is 9.13 Å². The lowest BCUT2D eigenvalue weighted by molar-refractivity contribution is 0.294. The van der Waals surface area contributed by atoms with Crippen molar-refractivity contribution in [3.8, 4) is 11.5 Å².